The number of aryl methyl sites for hydroxylation is 1. The smallest absolute Gasteiger partial charge is 0.407 e. The van der Waals surface area contributed by atoms with Gasteiger partial charge in [-0.1, -0.05) is 27.5 Å². The Morgan fingerprint density at radius 2 is 2.15 bits per heavy atom. The average Bonchev–Trinajstić information content (AvgIpc) is 2.33. The zero-order chi connectivity index (χ0) is 15.3. The molecule has 0 heterocycles. The van der Waals surface area contributed by atoms with E-state index >= 15 is 0 Å². The third-order valence-electron chi connectivity index (χ3n) is 2.89. The first-order chi connectivity index (χ1) is 9.35. The molecule has 3 N–H and O–H groups in total. The summed E-state index contributed by atoms with van der Waals surface area (Å²) in [5.41, 5.74) is 1.81. The molecule has 7 heteroatoms. The normalized spacial score (nSPS) is 12.2. The van der Waals surface area contributed by atoms with E-state index < -0.39 is 12.2 Å². The maximum absolute atomic E-state index is 10.9. The molecular weight excluding hydrogens is 350 g/mol. The summed E-state index contributed by atoms with van der Waals surface area (Å²) in [7, 11) is 0. The van der Waals surface area contributed by atoms with Crippen LogP contribution in [-0.4, -0.2) is 52.1 Å². The Kier molecular flexibility index (Phi) is 6.75. The van der Waals surface area contributed by atoms with Crippen molar-refractivity contribution < 1.29 is 20.1 Å². The van der Waals surface area contributed by atoms with Gasteiger partial charge in [-0.3, -0.25) is 0 Å². The predicted molar refractivity (Wildman–Crippen MR) is 80.3 cm³/mol. The largest absolute Gasteiger partial charge is 0.465 e. The van der Waals surface area contributed by atoms with Crippen LogP contribution in [0, 0.1) is 6.92 Å². The van der Waals surface area contributed by atoms with Gasteiger partial charge in [-0.15, -0.1) is 0 Å². The number of hydrogen-bond donors (Lipinski definition) is 3. The highest BCUT2D eigenvalue weighted by molar-refractivity contribution is 9.10. The molecule has 5 nitrogen and oxygen atoms in total. The highest BCUT2D eigenvalue weighted by Crippen LogP contribution is 2.26. The summed E-state index contributed by atoms with van der Waals surface area (Å²) in [5, 5.41) is 28.4. The lowest BCUT2D eigenvalue weighted by atomic mass is 10.0. The van der Waals surface area contributed by atoms with Crippen LogP contribution in [0.3, 0.4) is 0 Å². The van der Waals surface area contributed by atoms with Crippen molar-refractivity contribution in [2.24, 2.45) is 0 Å². The van der Waals surface area contributed by atoms with E-state index in [-0.39, 0.29) is 19.7 Å². The van der Waals surface area contributed by atoms with E-state index in [0.29, 0.717) is 11.4 Å². The monoisotopic (exact) mass is 365 g/mol. The molecule has 1 amide bonds. The molecule has 1 atom stereocenters. The van der Waals surface area contributed by atoms with Crippen molar-refractivity contribution in [3.05, 3.63) is 32.8 Å². The fourth-order valence-electron chi connectivity index (χ4n) is 1.93. The Morgan fingerprint density at radius 3 is 2.65 bits per heavy atom. The Balaban J connectivity index is 2.75. The van der Waals surface area contributed by atoms with Gasteiger partial charge >= 0.3 is 6.09 Å². The lowest BCUT2D eigenvalue weighted by Gasteiger charge is -2.22. The minimum atomic E-state index is -1.16. The van der Waals surface area contributed by atoms with E-state index in [9.17, 15) is 9.90 Å². The molecule has 0 bridgehead atoms. The third kappa shape index (κ3) is 4.94. The third-order valence-corrected chi connectivity index (χ3v) is 3.82. The fraction of sp³-hybridized carbons (Fsp3) is 0.462. The van der Waals surface area contributed by atoms with Crippen molar-refractivity contribution in [3.63, 3.8) is 0 Å². The van der Waals surface area contributed by atoms with E-state index in [0.717, 1.165) is 20.5 Å². The Bertz CT molecular complexity index is 460. The second kappa shape index (κ2) is 7.83. The van der Waals surface area contributed by atoms with Crippen molar-refractivity contribution in [1.82, 2.24) is 4.90 Å². The molecule has 112 valence electrons. The summed E-state index contributed by atoms with van der Waals surface area (Å²) in [6, 6.07) is 3.52. The molecule has 0 aromatic heterocycles. The number of aliphatic hydroxyl groups excluding tert-OH is 2. The molecule has 1 aromatic carbocycles. The van der Waals surface area contributed by atoms with Crippen LogP contribution in [-0.2, 0) is 6.42 Å². The van der Waals surface area contributed by atoms with Gasteiger partial charge in [0.25, 0.3) is 0 Å². The summed E-state index contributed by atoms with van der Waals surface area (Å²) in [5.74, 6) is 0. The van der Waals surface area contributed by atoms with Crippen molar-refractivity contribution >= 4 is 33.6 Å². The molecule has 1 unspecified atom stereocenters. The average molecular weight is 367 g/mol. The molecule has 0 fully saturated rings. The molecule has 1 rings (SSSR count). The zero-order valence-electron chi connectivity index (χ0n) is 11.0. The molecule has 0 aliphatic rings. The molecule has 0 saturated heterocycles. The van der Waals surface area contributed by atoms with E-state index in [1.54, 1.807) is 12.1 Å². The minimum absolute atomic E-state index is 0.0207. The molecule has 20 heavy (non-hydrogen) atoms. The second-order valence-corrected chi connectivity index (χ2v) is 5.78. The Labute approximate surface area is 130 Å². The summed E-state index contributed by atoms with van der Waals surface area (Å²) in [4.78, 5) is 11.9. The Hall–Kier alpha value is -0.820. The number of amides is 1. The first-order valence-electron chi connectivity index (χ1n) is 6.06. The first-order valence-corrected chi connectivity index (χ1v) is 7.23. The number of hydrogen-bond acceptors (Lipinski definition) is 3. The van der Waals surface area contributed by atoms with Crippen molar-refractivity contribution in [1.29, 1.82) is 0 Å². The molecular formula is C13H17BrClNO4. The predicted octanol–water partition coefficient (Wildman–Crippen LogP) is 2.29. The van der Waals surface area contributed by atoms with E-state index in [1.165, 1.54) is 0 Å². The van der Waals surface area contributed by atoms with E-state index in [2.05, 4.69) is 15.9 Å². The molecule has 0 aliphatic heterocycles. The van der Waals surface area contributed by atoms with Crippen LogP contribution >= 0.6 is 27.5 Å². The molecule has 0 aliphatic carbocycles. The summed E-state index contributed by atoms with van der Waals surface area (Å²) in [6.45, 7) is 1.53. The van der Waals surface area contributed by atoms with Gasteiger partial charge in [-0.25, -0.2) is 4.79 Å². The number of rotatable bonds is 6. The van der Waals surface area contributed by atoms with Gasteiger partial charge in [-0.2, -0.15) is 0 Å². The quantitative estimate of drug-likeness (QED) is 0.721. The number of halogens is 2. The van der Waals surface area contributed by atoms with Crippen LogP contribution in [0.4, 0.5) is 4.79 Å². The first kappa shape index (κ1) is 17.2. The number of aliphatic hydroxyl groups is 2. The number of carboxylic acid groups (broad SMARTS) is 1. The number of benzene rings is 1. The minimum Gasteiger partial charge on any atom is -0.465 e. The molecule has 1 aromatic rings. The lowest BCUT2D eigenvalue weighted by molar-refractivity contribution is 0.0871. The Morgan fingerprint density at radius 1 is 1.50 bits per heavy atom. The van der Waals surface area contributed by atoms with Crippen LogP contribution in [0.1, 0.15) is 11.1 Å². The zero-order valence-corrected chi connectivity index (χ0v) is 13.4. The van der Waals surface area contributed by atoms with Gasteiger partial charge in [0.15, 0.2) is 0 Å². The number of carbonyl (C=O) groups is 1. The summed E-state index contributed by atoms with van der Waals surface area (Å²) < 4.78 is 0.783. The maximum Gasteiger partial charge on any atom is 0.407 e. The van der Waals surface area contributed by atoms with E-state index in [4.69, 9.17) is 21.8 Å². The maximum atomic E-state index is 10.9. The van der Waals surface area contributed by atoms with Crippen LogP contribution in [0.15, 0.2) is 16.6 Å². The van der Waals surface area contributed by atoms with Crippen molar-refractivity contribution in [3.8, 4) is 0 Å². The van der Waals surface area contributed by atoms with Crippen LogP contribution < -0.4 is 0 Å². The van der Waals surface area contributed by atoms with Gasteiger partial charge in [0, 0.05) is 22.5 Å². The molecule has 0 saturated carbocycles. The van der Waals surface area contributed by atoms with E-state index in [1.807, 2.05) is 6.92 Å². The number of nitrogens with zero attached hydrogens (tertiary/aromatic N) is 1. The topological polar surface area (TPSA) is 81.0 Å². The van der Waals surface area contributed by atoms with Gasteiger partial charge in [0.1, 0.15) is 0 Å². The van der Waals surface area contributed by atoms with Gasteiger partial charge < -0.3 is 20.2 Å². The summed E-state index contributed by atoms with van der Waals surface area (Å²) in [6.07, 6.45) is -1.71. The second-order valence-electron chi connectivity index (χ2n) is 4.49. The highest BCUT2D eigenvalue weighted by atomic mass is 79.9. The SMILES string of the molecule is Cc1cc(Cl)cc(Br)c1CC(O)CN(CCO)C(=O)O. The standard InChI is InChI=1S/C13H17BrClNO4/c1-8-4-9(15)5-12(14)11(8)6-10(18)7-16(2-3-17)13(19)20/h4-5,10,17-18H,2-3,6-7H2,1H3,(H,19,20). The van der Waals surface area contributed by atoms with Gasteiger partial charge in [0.2, 0.25) is 0 Å². The van der Waals surface area contributed by atoms with Gasteiger partial charge in [0.05, 0.1) is 19.3 Å². The molecule has 0 radical (unpaired) electrons. The lowest BCUT2D eigenvalue weighted by Crippen LogP contribution is -2.39. The van der Waals surface area contributed by atoms with Crippen LogP contribution in [0.5, 0.6) is 0 Å². The highest BCUT2D eigenvalue weighted by Gasteiger charge is 2.18. The van der Waals surface area contributed by atoms with Crippen molar-refractivity contribution in [2.75, 3.05) is 19.7 Å². The van der Waals surface area contributed by atoms with Crippen LogP contribution in [0.25, 0.3) is 0 Å². The summed E-state index contributed by atoms with van der Waals surface area (Å²) >= 11 is 9.31. The van der Waals surface area contributed by atoms with Crippen LogP contribution in [0.2, 0.25) is 5.02 Å². The van der Waals surface area contributed by atoms with Crippen molar-refractivity contribution in [2.45, 2.75) is 19.4 Å². The fourth-order valence-corrected chi connectivity index (χ4v) is 3.06. The van der Waals surface area contributed by atoms with Gasteiger partial charge in [-0.05, 0) is 30.2 Å². The molecule has 0 spiro atoms.